The first kappa shape index (κ1) is 30.3. The van der Waals surface area contributed by atoms with Crippen molar-refractivity contribution in [1.29, 1.82) is 0 Å². The Labute approximate surface area is 245 Å². The van der Waals surface area contributed by atoms with Gasteiger partial charge in [-0.05, 0) is 55.0 Å². The number of aromatic nitrogens is 4. The number of nitrogens with zero attached hydrogens (tertiary/aromatic N) is 4. The minimum absolute atomic E-state index is 0. The Hall–Kier alpha value is -4.63. The Morgan fingerprint density at radius 3 is 2.52 bits per heavy atom. The molecule has 0 aliphatic carbocycles. The molecule has 220 valence electrons. The van der Waals surface area contributed by atoms with Gasteiger partial charge in [0.05, 0.1) is 18.5 Å². The number of fused-ring (bicyclic) bond motifs is 1. The van der Waals surface area contributed by atoms with Crippen molar-refractivity contribution in [3.63, 3.8) is 0 Å². The number of imidazole rings is 2. The van der Waals surface area contributed by atoms with Crippen LogP contribution in [0.1, 0.15) is 49.6 Å². The maximum atomic E-state index is 11.2. The fourth-order valence-electron chi connectivity index (χ4n) is 5.05. The second-order valence-electron chi connectivity index (χ2n) is 10.2. The SMILES string of the molecule is CCCCc1nc2c(C)ccc(OCCCCn3ccnc3)c2n1Cc1ccc(-c2ccccc2OC(=O)O)cc1.O. The van der Waals surface area contributed by atoms with Crippen molar-refractivity contribution < 1.29 is 24.9 Å². The summed E-state index contributed by atoms with van der Waals surface area (Å²) in [7, 11) is 0. The van der Waals surface area contributed by atoms with Crippen molar-refractivity contribution in [3.05, 3.63) is 96.3 Å². The molecule has 0 bridgehead atoms. The molecular formula is C33H38N4O5. The number of carbonyl (C=O) groups is 1. The molecule has 3 aromatic carbocycles. The van der Waals surface area contributed by atoms with Crippen LogP contribution in [0.3, 0.4) is 0 Å². The number of rotatable bonds is 13. The van der Waals surface area contributed by atoms with Crippen LogP contribution in [0.15, 0.2) is 79.4 Å². The van der Waals surface area contributed by atoms with E-state index in [1.54, 1.807) is 18.3 Å². The number of aryl methyl sites for hydroxylation is 3. The van der Waals surface area contributed by atoms with E-state index < -0.39 is 6.16 Å². The molecule has 0 fully saturated rings. The topological polar surface area (TPSA) is 123 Å². The van der Waals surface area contributed by atoms with E-state index in [1.807, 2.05) is 36.8 Å². The van der Waals surface area contributed by atoms with Crippen LogP contribution in [0.4, 0.5) is 4.79 Å². The van der Waals surface area contributed by atoms with Gasteiger partial charge in [0, 0.05) is 37.5 Å². The van der Waals surface area contributed by atoms with Crippen LogP contribution < -0.4 is 9.47 Å². The number of unbranched alkanes of at least 4 members (excludes halogenated alkanes) is 2. The largest absolute Gasteiger partial charge is 0.511 e. The molecule has 9 nitrogen and oxygen atoms in total. The molecule has 5 aromatic rings. The Bertz CT molecular complexity index is 1590. The van der Waals surface area contributed by atoms with E-state index >= 15 is 0 Å². The van der Waals surface area contributed by atoms with Gasteiger partial charge in [-0.1, -0.05) is 61.9 Å². The molecule has 2 aromatic heterocycles. The van der Waals surface area contributed by atoms with E-state index in [1.165, 1.54) is 0 Å². The molecule has 0 saturated carbocycles. The molecule has 0 aliphatic rings. The van der Waals surface area contributed by atoms with Gasteiger partial charge < -0.3 is 29.2 Å². The van der Waals surface area contributed by atoms with E-state index in [2.05, 4.69) is 52.2 Å². The smallest absolute Gasteiger partial charge is 0.491 e. The van der Waals surface area contributed by atoms with Crippen molar-refractivity contribution in [3.8, 4) is 22.6 Å². The predicted octanol–water partition coefficient (Wildman–Crippen LogP) is 6.69. The molecule has 0 amide bonds. The molecule has 0 saturated heterocycles. The van der Waals surface area contributed by atoms with E-state index in [-0.39, 0.29) is 5.48 Å². The van der Waals surface area contributed by atoms with E-state index in [0.717, 1.165) is 83.5 Å². The first-order valence-electron chi connectivity index (χ1n) is 14.2. The molecule has 9 heteroatoms. The minimum atomic E-state index is -1.33. The lowest BCUT2D eigenvalue weighted by molar-refractivity contribution is 0.144. The van der Waals surface area contributed by atoms with Crippen LogP contribution in [0.25, 0.3) is 22.2 Å². The monoisotopic (exact) mass is 570 g/mol. The molecule has 0 unspecified atom stereocenters. The highest BCUT2D eigenvalue weighted by Gasteiger charge is 2.18. The van der Waals surface area contributed by atoms with Gasteiger partial charge >= 0.3 is 6.16 Å². The van der Waals surface area contributed by atoms with Gasteiger partial charge in [-0.25, -0.2) is 14.8 Å². The standard InChI is InChI=1S/C33H36N4O4.H2O/c1-3-4-11-30-35-31-24(2)12-17-29(40-21-8-7-19-36-20-18-34-23-36)32(31)37(30)22-25-13-15-26(16-14-25)27-9-5-6-10-28(27)41-33(38)39;/h5-6,9-10,12-18,20,23H,3-4,7-8,11,19,21-22H2,1-2H3,(H,38,39);1H2. The third kappa shape index (κ3) is 7.16. The number of hydrogen-bond donors (Lipinski definition) is 1. The highest BCUT2D eigenvalue weighted by Crippen LogP contribution is 2.33. The van der Waals surface area contributed by atoms with Gasteiger partial charge in [0.2, 0.25) is 0 Å². The van der Waals surface area contributed by atoms with Crippen LogP contribution in [-0.4, -0.2) is 42.4 Å². The molecule has 3 N–H and O–H groups in total. The van der Waals surface area contributed by atoms with Gasteiger partial charge in [-0.3, -0.25) is 0 Å². The number of para-hydroxylation sites is 1. The predicted molar refractivity (Wildman–Crippen MR) is 163 cm³/mol. The maximum Gasteiger partial charge on any atom is 0.511 e. The normalized spacial score (nSPS) is 10.9. The molecule has 0 aliphatic heterocycles. The summed E-state index contributed by atoms with van der Waals surface area (Å²) in [4.78, 5) is 20.3. The number of benzene rings is 3. The Kier molecular flexibility index (Phi) is 10.3. The van der Waals surface area contributed by atoms with Gasteiger partial charge in [0.15, 0.2) is 0 Å². The third-order valence-corrected chi connectivity index (χ3v) is 7.21. The van der Waals surface area contributed by atoms with Gasteiger partial charge in [-0.15, -0.1) is 0 Å². The summed E-state index contributed by atoms with van der Waals surface area (Å²) in [5.41, 5.74) is 5.91. The third-order valence-electron chi connectivity index (χ3n) is 7.21. The molecule has 2 heterocycles. The van der Waals surface area contributed by atoms with Gasteiger partial charge in [0.25, 0.3) is 0 Å². The minimum Gasteiger partial charge on any atom is -0.491 e. The van der Waals surface area contributed by atoms with Crippen molar-refractivity contribution in [2.45, 2.75) is 59.0 Å². The molecule has 5 rings (SSSR count). The second kappa shape index (κ2) is 14.3. The maximum absolute atomic E-state index is 11.2. The van der Waals surface area contributed by atoms with Crippen molar-refractivity contribution in [2.24, 2.45) is 0 Å². The zero-order chi connectivity index (χ0) is 28.6. The van der Waals surface area contributed by atoms with Crippen LogP contribution >= 0.6 is 0 Å². The second-order valence-corrected chi connectivity index (χ2v) is 10.2. The Morgan fingerprint density at radius 2 is 1.79 bits per heavy atom. The summed E-state index contributed by atoms with van der Waals surface area (Å²) in [5.74, 6) is 2.24. The first-order chi connectivity index (χ1) is 20.0. The quantitative estimate of drug-likeness (QED) is 0.0956. The summed E-state index contributed by atoms with van der Waals surface area (Å²) in [6, 6.07) is 19.5. The Balaban J connectivity index is 0.00000405. The van der Waals surface area contributed by atoms with E-state index in [4.69, 9.17) is 19.6 Å². The highest BCUT2D eigenvalue weighted by molar-refractivity contribution is 5.86. The fourth-order valence-corrected chi connectivity index (χ4v) is 5.05. The average molecular weight is 571 g/mol. The lowest BCUT2D eigenvalue weighted by Gasteiger charge is -2.14. The number of hydrogen-bond acceptors (Lipinski definition) is 5. The Morgan fingerprint density at radius 1 is 0.976 bits per heavy atom. The molecule has 0 atom stereocenters. The van der Waals surface area contributed by atoms with Crippen molar-refractivity contribution >= 4 is 17.2 Å². The zero-order valence-corrected chi connectivity index (χ0v) is 24.1. The molecular weight excluding hydrogens is 532 g/mol. The van der Waals surface area contributed by atoms with Crippen LogP contribution in [0, 0.1) is 6.92 Å². The fraction of sp³-hybridized carbons (Fsp3) is 0.303. The summed E-state index contributed by atoms with van der Waals surface area (Å²) in [6.07, 6.45) is 9.31. The summed E-state index contributed by atoms with van der Waals surface area (Å²) in [5, 5.41) is 9.12. The zero-order valence-electron chi connectivity index (χ0n) is 24.1. The molecule has 42 heavy (non-hydrogen) atoms. The van der Waals surface area contributed by atoms with Crippen molar-refractivity contribution in [1.82, 2.24) is 19.1 Å². The first-order valence-corrected chi connectivity index (χ1v) is 14.2. The number of ether oxygens (including phenoxy) is 2. The average Bonchev–Trinajstić information content (AvgIpc) is 3.62. The number of carboxylic acid groups (broad SMARTS) is 1. The summed E-state index contributed by atoms with van der Waals surface area (Å²) >= 11 is 0. The molecule has 0 spiro atoms. The highest BCUT2D eigenvalue weighted by atomic mass is 16.7. The van der Waals surface area contributed by atoms with Crippen molar-refractivity contribution in [2.75, 3.05) is 6.61 Å². The van der Waals surface area contributed by atoms with E-state index in [0.29, 0.717) is 18.9 Å². The van der Waals surface area contributed by atoms with Crippen LogP contribution in [-0.2, 0) is 19.5 Å². The lowest BCUT2D eigenvalue weighted by atomic mass is 10.0. The van der Waals surface area contributed by atoms with Gasteiger partial charge in [-0.2, -0.15) is 0 Å². The summed E-state index contributed by atoms with van der Waals surface area (Å²) < 4.78 is 15.7. The molecule has 0 radical (unpaired) electrons. The lowest BCUT2D eigenvalue weighted by Crippen LogP contribution is -2.07. The van der Waals surface area contributed by atoms with E-state index in [9.17, 15) is 4.79 Å². The van der Waals surface area contributed by atoms with Gasteiger partial charge in [0.1, 0.15) is 22.8 Å². The van der Waals surface area contributed by atoms with Crippen LogP contribution in [0.2, 0.25) is 0 Å². The summed E-state index contributed by atoms with van der Waals surface area (Å²) in [6.45, 7) is 6.51. The van der Waals surface area contributed by atoms with Crippen LogP contribution in [0.5, 0.6) is 11.5 Å².